The lowest BCUT2D eigenvalue weighted by molar-refractivity contribution is -0.137. The number of amides is 1. The molecule has 0 aliphatic carbocycles. The van der Waals surface area contributed by atoms with E-state index in [9.17, 15) is 22.8 Å². The number of hydrogen-bond donors (Lipinski definition) is 1. The van der Waals surface area contributed by atoms with Crippen molar-refractivity contribution in [3.05, 3.63) is 63.7 Å². The predicted octanol–water partition coefficient (Wildman–Crippen LogP) is 2.51. The number of aromatic nitrogens is 3. The summed E-state index contributed by atoms with van der Waals surface area (Å²) in [6.07, 6.45) is -1.47. The van der Waals surface area contributed by atoms with Crippen LogP contribution in [0.15, 0.2) is 41.5 Å². The summed E-state index contributed by atoms with van der Waals surface area (Å²) in [6.45, 7) is 2.50. The van der Waals surface area contributed by atoms with Crippen LogP contribution in [-0.4, -0.2) is 65.4 Å². The monoisotopic (exact) mass is 500 g/mol. The van der Waals surface area contributed by atoms with Gasteiger partial charge in [0.25, 0.3) is 5.56 Å². The van der Waals surface area contributed by atoms with Gasteiger partial charge in [-0.15, -0.1) is 0 Å². The van der Waals surface area contributed by atoms with Gasteiger partial charge in [0.2, 0.25) is 5.91 Å². The molecule has 1 N–H and O–H groups in total. The third-order valence-corrected chi connectivity index (χ3v) is 6.01. The van der Waals surface area contributed by atoms with Crippen LogP contribution >= 0.6 is 0 Å². The quantitative estimate of drug-likeness (QED) is 0.496. The van der Waals surface area contributed by atoms with E-state index in [4.69, 9.17) is 10.00 Å². The number of H-pyrrole nitrogens is 1. The number of anilines is 1. The first kappa shape index (κ1) is 25.1. The maximum atomic E-state index is 13.3. The van der Waals surface area contributed by atoms with Crippen LogP contribution in [-0.2, 0) is 22.1 Å². The van der Waals surface area contributed by atoms with Crippen molar-refractivity contribution in [1.29, 1.82) is 5.26 Å². The van der Waals surface area contributed by atoms with Gasteiger partial charge in [0.05, 0.1) is 42.3 Å². The van der Waals surface area contributed by atoms with E-state index >= 15 is 0 Å². The van der Waals surface area contributed by atoms with E-state index in [1.165, 1.54) is 12.4 Å². The Balaban J connectivity index is 1.26. The second-order valence-electron chi connectivity index (χ2n) is 8.29. The Morgan fingerprint density at radius 1 is 1.11 bits per heavy atom. The van der Waals surface area contributed by atoms with Gasteiger partial charge < -0.3 is 14.5 Å². The van der Waals surface area contributed by atoms with Crippen LogP contribution < -0.4 is 10.5 Å². The summed E-state index contributed by atoms with van der Waals surface area (Å²) >= 11 is 0. The minimum atomic E-state index is -4.59. The van der Waals surface area contributed by atoms with Crippen LogP contribution in [0.25, 0.3) is 10.8 Å². The van der Waals surface area contributed by atoms with Gasteiger partial charge in [-0.2, -0.15) is 23.5 Å². The van der Waals surface area contributed by atoms with E-state index in [2.05, 4.69) is 15.2 Å². The Hall–Kier alpha value is -3.98. The molecule has 3 aromatic rings. The predicted molar refractivity (Wildman–Crippen MR) is 124 cm³/mol. The topological polar surface area (TPSA) is 115 Å². The third kappa shape index (κ3) is 5.80. The molecule has 9 nitrogen and oxygen atoms in total. The number of nitrogens with zero attached hydrogens (tertiary/aromatic N) is 5. The van der Waals surface area contributed by atoms with Gasteiger partial charge in [-0.3, -0.25) is 9.59 Å². The molecule has 0 radical (unpaired) electrons. The molecule has 1 saturated heterocycles. The molecule has 36 heavy (non-hydrogen) atoms. The number of nitriles is 1. The fraction of sp³-hybridized carbons (Fsp3) is 0.375. The standard InChI is InChI=1S/C24H23F3N6O3/c25-24(26,27)18-11-17(20-15-30-31-23(35)19(20)12-18)3-9-36-10-4-22(34)33-7-5-32(6-8-33)21-2-1-16(13-28)14-29-21/h1-2,11-12,14-15H,3-10H2,(H,31,35). The zero-order valence-electron chi connectivity index (χ0n) is 19.2. The molecule has 4 rings (SSSR count). The summed E-state index contributed by atoms with van der Waals surface area (Å²) in [4.78, 5) is 32.5. The molecule has 0 unspecified atom stereocenters. The van der Waals surface area contributed by atoms with Crippen LogP contribution in [0.2, 0.25) is 0 Å². The van der Waals surface area contributed by atoms with Gasteiger partial charge in [-0.25, -0.2) is 10.1 Å². The normalized spacial score (nSPS) is 14.2. The highest BCUT2D eigenvalue weighted by Gasteiger charge is 2.31. The van der Waals surface area contributed by atoms with E-state index in [0.717, 1.165) is 18.0 Å². The van der Waals surface area contributed by atoms with Gasteiger partial charge >= 0.3 is 6.18 Å². The molecular weight excluding hydrogens is 477 g/mol. The third-order valence-electron chi connectivity index (χ3n) is 6.01. The lowest BCUT2D eigenvalue weighted by atomic mass is 10.0. The molecule has 1 aliphatic rings. The summed E-state index contributed by atoms with van der Waals surface area (Å²) in [5, 5.41) is 15.0. The molecule has 0 bridgehead atoms. The Bertz CT molecular complexity index is 1330. The summed E-state index contributed by atoms with van der Waals surface area (Å²) in [5.74, 6) is 0.687. The molecule has 1 aromatic carbocycles. The molecule has 0 atom stereocenters. The Morgan fingerprint density at radius 3 is 2.56 bits per heavy atom. The lowest BCUT2D eigenvalue weighted by Crippen LogP contribution is -2.49. The SMILES string of the molecule is N#Cc1ccc(N2CCN(C(=O)CCOCCc3cc(C(F)(F)F)cc4c(=O)[nH]ncc34)CC2)nc1. The molecule has 3 heterocycles. The number of aromatic amines is 1. The van der Waals surface area contributed by atoms with Crippen molar-refractivity contribution < 1.29 is 22.7 Å². The highest BCUT2D eigenvalue weighted by molar-refractivity contribution is 5.85. The van der Waals surface area contributed by atoms with Crippen molar-refractivity contribution in [2.75, 3.05) is 44.3 Å². The second kappa shape index (κ2) is 10.7. The Kier molecular flexibility index (Phi) is 7.49. The van der Waals surface area contributed by atoms with Gasteiger partial charge in [-0.1, -0.05) is 0 Å². The zero-order valence-corrected chi connectivity index (χ0v) is 19.2. The molecule has 2 aromatic heterocycles. The van der Waals surface area contributed by atoms with E-state index in [1.54, 1.807) is 17.0 Å². The first-order valence-corrected chi connectivity index (χ1v) is 11.3. The largest absolute Gasteiger partial charge is 0.416 e. The smallest absolute Gasteiger partial charge is 0.381 e. The van der Waals surface area contributed by atoms with Gasteiger partial charge in [0, 0.05) is 37.8 Å². The summed E-state index contributed by atoms with van der Waals surface area (Å²) in [5.41, 5.74) is -0.815. The number of alkyl halides is 3. The number of hydrogen-bond acceptors (Lipinski definition) is 7. The van der Waals surface area contributed by atoms with Crippen molar-refractivity contribution in [1.82, 2.24) is 20.1 Å². The van der Waals surface area contributed by atoms with Crippen LogP contribution in [0.3, 0.4) is 0 Å². The molecule has 0 spiro atoms. The summed E-state index contributed by atoms with van der Waals surface area (Å²) in [6, 6.07) is 7.33. The van der Waals surface area contributed by atoms with Crippen molar-refractivity contribution in [3.8, 4) is 6.07 Å². The Morgan fingerprint density at radius 2 is 1.89 bits per heavy atom. The average Bonchev–Trinajstić information content (AvgIpc) is 2.88. The molecule has 1 amide bonds. The highest BCUT2D eigenvalue weighted by Crippen LogP contribution is 2.32. The molecule has 0 saturated carbocycles. The van der Waals surface area contributed by atoms with E-state index in [1.807, 2.05) is 11.0 Å². The number of carbonyl (C=O) groups excluding carboxylic acids is 1. The minimum Gasteiger partial charge on any atom is -0.381 e. The number of pyridine rings is 1. The van der Waals surface area contributed by atoms with Crippen LogP contribution in [0.5, 0.6) is 0 Å². The maximum absolute atomic E-state index is 13.3. The molecule has 1 aliphatic heterocycles. The number of benzene rings is 1. The zero-order chi connectivity index (χ0) is 25.7. The number of fused-ring (bicyclic) bond motifs is 1. The average molecular weight is 500 g/mol. The number of rotatable bonds is 7. The number of piperazine rings is 1. The van der Waals surface area contributed by atoms with Gasteiger partial charge in [0.1, 0.15) is 11.9 Å². The van der Waals surface area contributed by atoms with Crippen molar-refractivity contribution in [2.24, 2.45) is 0 Å². The first-order valence-electron chi connectivity index (χ1n) is 11.3. The van der Waals surface area contributed by atoms with E-state index < -0.39 is 17.3 Å². The van der Waals surface area contributed by atoms with Crippen molar-refractivity contribution in [3.63, 3.8) is 0 Å². The van der Waals surface area contributed by atoms with Crippen LogP contribution in [0, 0.1) is 11.3 Å². The number of ether oxygens (including phenoxy) is 1. The van der Waals surface area contributed by atoms with E-state index in [-0.39, 0.29) is 37.3 Å². The molecule has 12 heteroatoms. The second-order valence-corrected chi connectivity index (χ2v) is 8.29. The lowest BCUT2D eigenvalue weighted by Gasteiger charge is -2.35. The molecular formula is C24H23F3N6O3. The fourth-order valence-electron chi connectivity index (χ4n) is 4.07. The summed E-state index contributed by atoms with van der Waals surface area (Å²) in [7, 11) is 0. The summed E-state index contributed by atoms with van der Waals surface area (Å²) < 4.78 is 45.3. The van der Waals surface area contributed by atoms with Gasteiger partial charge in [0.15, 0.2) is 0 Å². The van der Waals surface area contributed by atoms with Crippen molar-refractivity contribution >= 4 is 22.5 Å². The Labute approximate surface area is 204 Å². The molecule has 188 valence electrons. The minimum absolute atomic E-state index is 0.0670. The van der Waals surface area contributed by atoms with Crippen LogP contribution in [0.1, 0.15) is 23.1 Å². The van der Waals surface area contributed by atoms with E-state index in [0.29, 0.717) is 42.7 Å². The number of nitrogens with one attached hydrogen (secondary N) is 1. The van der Waals surface area contributed by atoms with Crippen LogP contribution in [0.4, 0.5) is 19.0 Å². The first-order chi connectivity index (χ1) is 17.3. The molecule has 1 fully saturated rings. The van der Waals surface area contributed by atoms with Crippen molar-refractivity contribution in [2.45, 2.75) is 19.0 Å². The number of halogens is 3. The van der Waals surface area contributed by atoms with Gasteiger partial charge in [-0.05, 0) is 36.2 Å². The highest BCUT2D eigenvalue weighted by atomic mass is 19.4. The fourth-order valence-corrected chi connectivity index (χ4v) is 4.07. The number of carbonyl (C=O) groups is 1. The maximum Gasteiger partial charge on any atom is 0.416 e.